The van der Waals surface area contributed by atoms with Gasteiger partial charge in [-0.1, -0.05) is 6.92 Å². The van der Waals surface area contributed by atoms with Gasteiger partial charge < -0.3 is 43.4 Å². The second-order valence-electron chi connectivity index (χ2n) is 18.2. The normalized spacial score (nSPS) is 22.3. The second-order valence-corrected chi connectivity index (χ2v) is 22.6. The number of ether oxygens (including phenoxy) is 5. The molecule has 1 fully saturated rings. The van der Waals surface area contributed by atoms with Crippen LogP contribution in [0.4, 0.5) is 11.4 Å². The predicted octanol–water partition coefficient (Wildman–Crippen LogP) is 3.40. The number of fused-ring (bicyclic) bond motifs is 2. The number of carbonyl (C=O) groups is 4. The molecule has 2 aromatic rings. The summed E-state index contributed by atoms with van der Waals surface area (Å²) >= 11 is 0. The van der Waals surface area contributed by atoms with Crippen molar-refractivity contribution in [2.45, 2.75) is 85.5 Å². The van der Waals surface area contributed by atoms with E-state index >= 15 is 0 Å². The number of Topliss-reactive ketones (excluding diaryl/α,β-unsaturated/α-hetero) is 1. The van der Waals surface area contributed by atoms with Gasteiger partial charge in [0.25, 0.3) is 42.2 Å². The fraction of sp³-hybridized carbons (Fsp3) is 0.532. The topological polar surface area (TPSA) is 317 Å². The van der Waals surface area contributed by atoms with Gasteiger partial charge in [-0.05, 0) is 92.3 Å². The highest BCUT2D eigenvalue weighted by Crippen LogP contribution is 2.53. The van der Waals surface area contributed by atoms with E-state index in [1.165, 1.54) is 55.7 Å². The van der Waals surface area contributed by atoms with Gasteiger partial charge >= 0.3 is 5.97 Å². The molecule has 2 aromatic carbocycles. The molecule has 402 valence electrons. The van der Waals surface area contributed by atoms with Gasteiger partial charge in [-0.15, -0.1) is 5.06 Å². The molecule has 4 N–H and O–H groups in total. The van der Waals surface area contributed by atoms with Crippen LogP contribution in [0.5, 0.6) is 0 Å². The summed E-state index contributed by atoms with van der Waals surface area (Å²) in [6.45, 7) is 5.66. The average molecular weight is 1080 g/mol. The molecule has 0 aromatic heterocycles. The number of amides is 2. The van der Waals surface area contributed by atoms with Crippen molar-refractivity contribution in [2.75, 3.05) is 95.7 Å². The molecule has 0 spiro atoms. The first-order valence-corrected chi connectivity index (χ1v) is 27.8. The number of hydrogen-bond acceptors (Lipinski definition) is 19. The number of aliphatic hydroxyl groups is 1. The zero-order valence-corrected chi connectivity index (χ0v) is 43.3. The number of hydroxylamine groups is 2. The lowest BCUT2D eigenvalue weighted by molar-refractivity contribution is -0.197. The molecule has 6 rings (SSSR count). The Morgan fingerprint density at radius 3 is 1.85 bits per heavy atom. The molecule has 3 heterocycles. The van der Waals surface area contributed by atoms with Crippen molar-refractivity contribution in [2.24, 2.45) is 0 Å². The molecule has 0 radical (unpaired) electrons. The quantitative estimate of drug-likeness (QED) is 0.0411. The van der Waals surface area contributed by atoms with E-state index in [0.29, 0.717) is 59.7 Å². The predicted molar refractivity (Wildman–Crippen MR) is 259 cm³/mol. The van der Waals surface area contributed by atoms with Gasteiger partial charge in [0.05, 0.1) is 79.0 Å². The molecule has 3 unspecified atom stereocenters. The molecule has 1 saturated heterocycles. The van der Waals surface area contributed by atoms with Crippen molar-refractivity contribution in [3.63, 3.8) is 0 Å². The van der Waals surface area contributed by atoms with Gasteiger partial charge in [0.15, 0.2) is 5.78 Å². The minimum Gasteiger partial charge on any atom is -0.506 e. The number of imide groups is 1. The summed E-state index contributed by atoms with van der Waals surface area (Å²) in [7, 11) is -10.9. The van der Waals surface area contributed by atoms with Crippen LogP contribution in [0.1, 0.15) is 69.9 Å². The Morgan fingerprint density at radius 2 is 1.29 bits per heavy atom. The lowest BCUT2D eigenvalue weighted by Crippen LogP contribution is -2.44. The summed E-state index contributed by atoms with van der Waals surface area (Å²) in [5, 5.41) is 12.4. The molecule has 2 amide bonds. The minimum atomic E-state index is -4.75. The molecule has 3 atom stereocenters. The summed E-state index contributed by atoms with van der Waals surface area (Å²) in [6, 6.07) is 6.92. The van der Waals surface area contributed by atoms with Gasteiger partial charge in [0.1, 0.15) is 5.76 Å². The highest BCUT2D eigenvalue weighted by molar-refractivity contribution is 7.86. The number of carbonyl (C=O) groups excluding carboxylic acids is 4. The number of anilines is 2. The van der Waals surface area contributed by atoms with Crippen molar-refractivity contribution in [1.82, 2.24) is 5.06 Å². The van der Waals surface area contributed by atoms with Crippen LogP contribution in [0, 0.1) is 0 Å². The number of methoxy groups -OCH3 is 2. The first kappa shape index (κ1) is 57.2. The molecular formula is C47H61N3O20S3. The number of hydrogen-bond donors (Lipinski definition) is 4. The number of allylic oxidation sites excluding steroid dienone is 4. The van der Waals surface area contributed by atoms with Crippen LogP contribution in [0.25, 0.3) is 0 Å². The number of aliphatic hydroxyl groups excluding tert-OH is 1. The van der Waals surface area contributed by atoms with Crippen LogP contribution in [0.15, 0.2) is 80.9 Å². The number of nitrogens with zero attached hydrogens (tertiary/aromatic N) is 3. The first-order valence-electron chi connectivity index (χ1n) is 23.3. The molecule has 3 aliphatic heterocycles. The second kappa shape index (κ2) is 23.6. The van der Waals surface area contributed by atoms with E-state index in [4.69, 9.17) is 28.5 Å². The smallest absolute Gasteiger partial charge is 0.333 e. The van der Waals surface area contributed by atoms with Crippen molar-refractivity contribution < 1.29 is 91.7 Å². The van der Waals surface area contributed by atoms with Crippen molar-refractivity contribution in [3.8, 4) is 0 Å². The highest BCUT2D eigenvalue weighted by atomic mass is 32.2. The molecule has 73 heavy (non-hydrogen) atoms. The summed E-state index contributed by atoms with van der Waals surface area (Å²) in [4.78, 5) is 59.3. The van der Waals surface area contributed by atoms with Crippen molar-refractivity contribution in [1.29, 1.82) is 0 Å². The fourth-order valence-electron chi connectivity index (χ4n) is 9.50. The lowest BCUT2D eigenvalue weighted by atomic mass is 9.72. The third kappa shape index (κ3) is 13.2. The Hall–Kier alpha value is -5.13. The van der Waals surface area contributed by atoms with E-state index in [1.807, 2.05) is 0 Å². The average Bonchev–Trinajstić information content (AvgIpc) is 3.85. The third-order valence-corrected chi connectivity index (χ3v) is 15.8. The molecule has 23 nitrogen and oxygen atoms in total. The Labute approximate surface area is 423 Å². The summed E-state index contributed by atoms with van der Waals surface area (Å²) in [5.41, 5.74) is -0.729. The maximum atomic E-state index is 14.5. The molecule has 4 aliphatic rings. The zero-order valence-electron chi connectivity index (χ0n) is 40.8. The van der Waals surface area contributed by atoms with Gasteiger partial charge in [-0.2, -0.15) is 25.3 Å². The zero-order chi connectivity index (χ0) is 53.5. The molecule has 1 aliphatic carbocycles. The maximum Gasteiger partial charge on any atom is 0.333 e. The summed E-state index contributed by atoms with van der Waals surface area (Å²) in [5.74, 6) is -3.96. The van der Waals surface area contributed by atoms with Gasteiger partial charge in [-0.3, -0.25) is 28.0 Å². The molecule has 0 saturated carbocycles. The highest BCUT2D eigenvalue weighted by Gasteiger charge is 2.50. The van der Waals surface area contributed by atoms with Crippen LogP contribution in [0.3, 0.4) is 0 Å². The summed E-state index contributed by atoms with van der Waals surface area (Å²) in [6.07, 6.45) is 2.52. The van der Waals surface area contributed by atoms with Gasteiger partial charge in [-0.25, -0.2) is 4.79 Å². The van der Waals surface area contributed by atoms with Crippen molar-refractivity contribution in [3.05, 3.63) is 82.3 Å². The van der Waals surface area contributed by atoms with E-state index in [2.05, 4.69) is 0 Å². The monoisotopic (exact) mass is 1080 g/mol. The first-order chi connectivity index (χ1) is 34.4. The van der Waals surface area contributed by atoms with Gasteiger partial charge in [0.2, 0.25) is 0 Å². The SMILES string of the molecule is COCCOCCOCCOCCN1c2ccc(S(=O)(=O)O)cc2C(C)(CCCS(=O)(=O)O)C1/C=C1\C(=O)C(/C=C2/N(CCCC(=O)ON3C(=O)CCC3=O)c3ccc(S(=O)(=O)O)cc3C2(C)CCOC)=C1O. The van der Waals surface area contributed by atoms with Crippen LogP contribution in [0.2, 0.25) is 0 Å². The number of benzene rings is 2. The van der Waals surface area contributed by atoms with Gasteiger partial charge in [0, 0.05) is 81.1 Å². The number of ketones is 1. The van der Waals surface area contributed by atoms with E-state index < -0.39 is 92.1 Å². The molecular weight excluding hydrogens is 1020 g/mol. The Kier molecular flexibility index (Phi) is 18.5. The molecule has 26 heteroatoms. The minimum absolute atomic E-state index is 0.00873. The van der Waals surface area contributed by atoms with E-state index in [1.54, 1.807) is 30.8 Å². The van der Waals surface area contributed by atoms with E-state index in [9.17, 15) is 63.2 Å². The fourth-order valence-corrected chi connectivity index (χ4v) is 11.0. The van der Waals surface area contributed by atoms with Crippen LogP contribution < -0.4 is 9.80 Å². The Balaban J connectivity index is 1.37. The standard InChI is InChI=1S/C47H61N3O20S3/c1-46(14-6-26-71(56,57)58)35-27-31(72(59,60)61)9-11-38(35)49(17-19-67-22-23-69-25-24-68-21-20-66-4)39(46)29-33-44(54)34(45(33)55)30-40-47(2,15-18-65-3)36-28-32(73(62,63)64)8-10-37(36)48(40)16-5-7-43(53)70-50-41(51)12-13-42(50)52/h8-11,27-30,39,54H,5-7,12-26H2,1-4H3,(H,56,57,58)(H,59,60,61)(H,62,63,64)/b33-29-,40-30+. The Bertz CT molecular complexity index is 2870. The van der Waals surface area contributed by atoms with E-state index in [0.717, 1.165) is 0 Å². The number of rotatable bonds is 28. The summed E-state index contributed by atoms with van der Waals surface area (Å²) < 4.78 is 131. The lowest BCUT2D eigenvalue weighted by Gasteiger charge is -2.37. The maximum absolute atomic E-state index is 14.5. The third-order valence-electron chi connectivity index (χ3n) is 13.3. The van der Waals surface area contributed by atoms with Crippen LogP contribution in [-0.2, 0) is 88.9 Å². The van der Waals surface area contributed by atoms with Crippen molar-refractivity contribution >= 4 is 65.3 Å². The largest absolute Gasteiger partial charge is 0.506 e. The van der Waals surface area contributed by atoms with E-state index in [-0.39, 0.29) is 95.6 Å². The molecule has 0 bridgehead atoms. The van der Waals surface area contributed by atoms with Crippen LogP contribution >= 0.6 is 0 Å². The van der Waals surface area contributed by atoms with Crippen LogP contribution in [-0.4, -0.2) is 165 Å². The Morgan fingerprint density at radius 1 is 0.726 bits per heavy atom.